The first-order valence-corrected chi connectivity index (χ1v) is 10.4. The van der Waals surface area contributed by atoms with E-state index in [0.717, 1.165) is 49.2 Å². The summed E-state index contributed by atoms with van der Waals surface area (Å²) in [5, 5.41) is 3.46. The molecule has 2 aliphatic heterocycles. The van der Waals surface area contributed by atoms with Crippen molar-refractivity contribution < 1.29 is 13.2 Å². The minimum absolute atomic E-state index is 0.108. The van der Waals surface area contributed by atoms with E-state index in [0.29, 0.717) is 19.0 Å². The van der Waals surface area contributed by atoms with Gasteiger partial charge in [0.1, 0.15) is 0 Å². The van der Waals surface area contributed by atoms with Crippen LogP contribution < -0.4 is 10.2 Å². The Morgan fingerprint density at radius 2 is 1.79 bits per heavy atom. The molecule has 0 unspecified atom stereocenters. The standard InChI is InChI=1S/C22H25F3N4/c23-22(24,25)16-5-11-29(12-6-16)20-27-14-15-13-21(7-9-26-10-8-21)18-4-2-1-3-17(18)19(15)28-20/h1-4,14,16,26H,5-13H2. The predicted molar refractivity (Wildman–Crippen MR) is 106 cm³/mol. The van der Waals surface area contributed by atoms with Crippen LogP contribution >= 0.6 is 0 Å². The Labute approximate surface area is 168 Å². The lowest BCUT2D eigenvalue weighted by atomic mass is 9.64. The smallest absolute Gasteiger partial charge is 0.341 e. The largest absolute Gasteiger partial charge is 0.391 e. The van der Waals surface area contributed by atoms with Gasteiger partial charge in [0.25, 0.3) is 0 Å². The molecule has 4 nitrogen and oxygen atoms in total. The van der Waals surface area contributed by atoms with Crippen molar-refractivity contribution in [2.24, 2.45) is 5.92 Å². The fourth-order valence-corrected chi connectivity index (χ4v) is 5.28. The second kappa shape index (κ2) is 6.97. The van der Waals surface area contributed by atoms with E-state index in [2.05, 4.69) is 28.5 Å². The number of halogens is 3. The van der Waals surface area contributed by atoms with E-state index in [4.69, 9.17) is 4.98 Å². The predicted octanol–water partition coefficient (Wildman–Crippen LogP) is 4.10. The van der Waals surface area contributed by atoms with Crippen LogP contribution in [0.2, 0.25) is 0 Å². The minimum Gasteiger partial charge on any atom is -0.341 e. The van der Waals surface area contributed by atoms with Gasteiger partial charge in [-0.1, -0.05) is 24.3 Å². The van der Waals surface area contributed by atoms with Crippen LogP contribution in [-0.4, -0.2) is 42.3 Å². The first-order valence-electron chi connectivity index (χ1n) is 10.4. The highest BCUT2D eigenvalue weighted by molar-refractivity contribution is 5.72. The molecule has 3 aliphatic rings. The van der Waals surface area contributed by atoms with Gasteiger partial charge in [-0.15, -0.1) is 0 Å². The summed E-state index contributed by atoms with van der Waals surface area (Å²) in [5.74, 6) is -0.655. The third-order valence-corrected chi connectivity index (χ3v) is 6.94. The average Bonchev–Trinajstić information content (AvgIpc) is 2.74. The molecule has 0 saturated carbocycles. The molecule has 0 atom stereocenters. The molecule has 0 bridgehead atoms. The van der Waals surface area contributed by atoms with E-state index < -0.39 is 12.1 Å². The highest BCUT2D eigenvalue weighted by atomic mass is 19.4. The van der Waals surface area contributed by atoms with E-state index in [1.165, 1.54) is 5.56 Å². The molecule has 1 spiro atoms. The molecule has 1 N–H and O–H groups in total. The molecule has 2 saturated heterocycles. The summed E-state index contributed by atoms with van der Waals surface area (Å²) in [5.41, 5.74) is 4.75. The third-order valence-electron chi connectivity index (χ3n) is 6.94. The van der Waals surface area contributed by atoms with E-state index >= 15 is 0 Å². The molecule has 0 radical (unpaired) electrons. The molecule has 29 heavy (non-hydrogen) atoms. The number of nitrogens with zero attached hydrogens (tertiary/aromatic N) is 3. The van der Waals surface area contributed by atoms with Crippen molar-refractivity contribution in [2.75, 3.05) is 31.1 Å². The molecule has 2 fully saturated rings. The van der Waals surface area contributed by atoms with Crippen LogP contribution in [0.4, 0.5) is 19.1 Å². The number of nitrogens with one attached hydrogen (secondary N) is 1. The summed E-state index contributed by atoms with van der Waals surface area (Å²) in [4.78, 5) is 11.3. The molecular formula is C22H25F3N4. The highest BCUT2D eigenvalue weighted by Crippen LogP contribution is 2.47. The maximum atomic E-state index is 13.0. The zero-order chi connectivity index (χ0) is 20.1. The molecular weight excluding hydrogens is 377 g/mol. The number of benzene rings is 1. The highest BCUT2D eigenvalue weighted by Gasteiger charge is 2.42. The number of alkyl halides is 3. The number of hydrogen-bond donors (Lipinski definition) is 1. The van der Waals surface area contributed by atoms with Gasteiger partial charge < -0.3 is 10.2 Å². The molecule has 7 heteroatoms. The van der Waals surface area contributed by atoms with Crippen LogP contribution in [0.5, 0.6) is 0 Å². The van der Waals surface area contributed by atoms with Gasteiger partial charge in [-0.2, -0.15) is 13.2 Å². The number of fused-ring (bicyclic) bond motifs is 4. The quantitative estimate of drug-likeness (QED) is 0.780. The Morgan fingerprint density at radius 3 is 2.52 bits per heavy atom. The number of hydrogen-bond acceptors (Lipinski definition) is 4. The molecule has 1 aliphatic carbocycles. The van der Waals surface area contributed by atoms with Crippen molar-refractivity contribution in [3.05, 3.63) is 41.6 Å². The van der Waals surface area contributed by atoms with Crippen LogP contribution in [0, 0.1) is 5.92 Å². The van der Waals surface area contributed by atoms with Gasteiger partial charge in [-0.05, 0) is 56.3 Å². The van der Waals surface area contributed by atoms with Gasteiger partial charge in [-0.3, -0.25) is 0 Å². The van der Waals surface area contributed by atoms with Gasteiger partial charge in [0.15, 0.2) is 0 Å². The normalized spacial score (nSPS) is 21.7. The summed E-state index contributed by atoms with van der Waals surface area (Å²) in [7, 11) is 0. The molecule has 5 rings (SSSR count). The molecule has 1 aromatic heterocycles. The lowest BCUT2D eigenvalue weighted by molar-refractivity contribution is -0.179. The van der Waals surface area contributed by atoms with Gasteiger partial charge in [0, 0.05) is 30.3 Å². The summed E-state index contributed by atoms with van der Waals surface area (Å²) in [6, 6.07) is 8.49. The first-order chi connectivity index (χ1) is 14.0. The average molecular weight is 402 g/mol. The van der Waals surface area contributed by atoms with Gasteiger partial charge in [0.05, 0.1) is 11.6 Å². The van der Waals surface area contributed by atoms with E-state index in [1.807, 2.05) is 17.2 Å². The SMILES string of the molecule is FC(F)(F)C1CCN(c2ncc3c(n2)-c2ccccc2C2(CCNCC2)C3)CC1. The topological polar surface area (TPSA) is 41.1 Å². The van der Waals surface area contributed by atoms with E-state index in [9.17, 15) is 13.2 Å². The van der Waals surface area contributed by atoms with Crippen molar-refractivity contribution in [1.82, 2.24) is 15.3 Å². The third kappa shape index (κ3) is 3.29. The Hall–Kier alpha value is -2.15. The lowest BCUT2D eigenvalue weighted by Crippen LogP contribution is -2.43. The lowest BCUT2D eigenvalue weighted by Gasteiger charge is -2.43. The van der Waals surface area contributed by atoms with Gasteiger partial charge in [0.2, 0.25) is 5.95 Å². The number of anilines is 1. The number of aromatic nitrogens is 2. The Bertz CT molecular complexity index is 897. The van der Waals surface area contributed by atoms with Crippen molar-refractivity contribution in [3.63, 3.8) is 0 Å². The van der Waals surface area contributed by atoms with Crippen LogP contribution in [-0.2, 0) is 11.8 Å². The van der Waals surface area contributed by atoms with E-state index in [1.54, 1.807) is 0 Å². The van der Waals surface area contributed by atoms with Gasteiger partial charge >= 0.3 is 6.18 Å². The molecule has 2 aromatic rings. The molecule has 1 aromatic carbocycles. The summed E-state index contributed by atoms with van der Waals surface area (Å²) in [6.07, 6.45) is 1.13. The van der Waals surface area contributed by atoms with Crippen LogP contribution in [0.15, 0.2) is 30.5 Å². The van der Waals surface area contributed by atoms with Crippen molar-refractivity contribution in [3.8, 4) is 11.3 Å². The Balaban J connectivity index is 1.46. The van der Waals surface area contributed by atoms with Gasteiger partial charge in [-0.25, -0.2) is 9.97 Å². The first kappa shape index (κ1) is 18.9. The van der Waals surface area contributed by atoms with Crippen LogP contribution in [0.3, 0.4) is 0 Å². The Kier molecular flexibility index (Phi) is 4.53. The maximum Gasteiger partial charge on any atom is 0.391 e. The molecule has 0 amide bonds. The fraction of sp³-hybridized carbons (Fsp3) is 0.545. The summed E-state index contributed by atoms with van der Waals surface area (Å²) in [6.45, 7) is 2.72. The minimum atomic E-state index is -4.11. The van der Waals surface area contributed by atoms with Crippen molar-refractivity contribution in [2.45, 2.75) is 43.7 Å². The number of piperidine rings is 2. The van der Waals surface area contributed by atoms with Crippen LogP contribution in [0.1, 0.15) is 36.8 Å². The second-order valence-electron chi connectivity index (χ2n) is 8.60. The second-order valence-corrected chi connectivity index (χ2v) is 8.60. The van der Waals surface area contributed by atoms with Crippen LogP contribution in [0.25, 0.3) is 11.3 Å². The Morgan fingerprint density at radius 1 is 1.07 bits per heavy atom. The van der Waals surface area contributed by atoms with E-state index in [-0.39, 0.29) is 18.3 Å². The maximum absolute atomic E-state index is 13.0. The molecule has 3 heterocycles. The zero-order valence-corrected chi connectivity index (χ0v) is 16.3. The summed E-state index contributed by atoms with van der Waals surface area (Å²) < 4.78 is 38.9. The molecule has 154 valence electrons. The summed E-state index contributed by atoms with van der Waals surface area (Å²) >= 11 is 0. The fourth-order valence-electron chi connectivity index (χ4n) is 5.28. The number of rotatable bonds is 1. The zero-order valence-electron chi connectivity index (χ0n) is 16.3. The monoisotopic (exact) mass is 402 g/mol. The van der Waals surface area contributed by atoms with Crippen molar-refractivity contribution in [1.29, 1.82) is 0 Å². The van der Waals surface area contributed by atoms with Crippen molar-refractivity contribution >= 4 is 5.95 Å².